The molecule has 2 atom stereocenters. The van der Waals surface area contributed by atoms with Gasteiger partial charge in [0.25, 0.3) is 0 Å². The van der Waals surface area contributed by atoms with Crippen molar-refractivity contribution in [3.63, 3.8) is 0 Å². The molecule has 10 heteroatoms. The summed E-state index contributed by atoms with van der Waals surface area (Å²) < 4.78 is 25.5. The number of sulfonamides is 1. The summed E-state index contributed by atoms with van der Waals surface area (Å²) >= 11 is 0. The third kappa shape index (κ3) is 8.59. The summed E-state index contributed by atoms with van der Waals surface area (Å²) in [5.74, 6) is -1.12. The molecule has 0 aliphatic carbocycles. The summed E-state index contributed by atoms with van der Waals surface area (Å²) in [6, 6.07) is 26.7. The van der Waals surface area contributed by atoms with E-state index in [1.807, 2.05) is 74.5 Å². The van der Waals surface area contributed by atoms with Gasteiger partial charge in [0.2, 0.25) is 15.9 Å². The highest BCUT2D eigenvalue weighted by molar-refractivity contribution is 7.92. The molecule has 232 valence electrons. The minimum atomic E-state index is -3.61. The Labute approximate surface area is 258 Å². The van der Waals surface area contributed by atoms with Gasteiger partial charge in [-0.3, -0.25) is 9.52 Å². The van der Waals surface area contributed by atoms with Gasteiger partial charge in [-0.05, 0) is 72.7 Å². The van der Waals surface area contributed by atoms with Crippen LogP contribution in [0.2, 0.25) is 0 Å². The summed E-state index contributed by atoms with van der Waals surface area (Å²) in [6.07, 6.45) is 0.948. The van der Waals surface area contributed by atoms with E-state index in [1.165, 1.54) is 18.2 Å². The molecule has 9 nitrogen and oxygen atoms in total. The largest absolute Gasteiger partial charge is 0.507 e. The zero-order valence-electron chi connectivity index (χ0n) is 25.0. The maximum absolute atomic E-state index is 12.7. The van der Waals surface area contributed by atoms with Crippen molar-refractivity contribution in [2.75, 3.05) is 17.5 Å². The molecule has 4 rings (SSSR count). The molecule has 0 aliphatic heterocycles. The van der Waals surface area contributed by atoms with Crippen molar-refractivity contribution < 1.29 is 28.5 Å². The predicted molar refractivity (Wildman–Crippen MR) is 173 cm³/mol. The first-order valence-electron chi connectivity index (χ1n) is 14.2. The van der Waals surface area contributed by atoms with E-state index in [-0.39, 0.29) is 23.7 Å². The Balaban J connectivity index is 1.48. The molecule has 0 radical (unpaired) electrons. The lowest BCUT2D eigenvalue weighted by molar-refractivity contribution is -0.119. The van der Waals surface area contributed by atoms with Gasteiger partial charge in [0.05, 0.1) is 24.0 Å². The second-order valence-electron chi connectivity index (χ2n) is 11.7. The monoisotopic (exact) mass is 617 g/mol. The van der Waals surface area contributed by atoms with E-state index < -0.39 is 33.5 Å². The second kappa shape index (κ2) is 13.5. The Kier molecular flexibility index (Phi) is 9.98. The van der Waals surface area contributed by atoms with Crippen molar-refractivity contribution in [1.29, 1.82) is 0 Å². The number of amides is 1. The molecule has 0 saturated carbocycles. The van der Waals surface area contributed by atoms with Crippen LogP contribution in [0.3, 0.4) is 0 Å². The summed E-state index contributed by atoms with van der Waals surface area (Å²) in [5.41, 5.74) is 10.1. The van der Waals surface area contributed by atoms with Crippen molar-refractivity contribution in [2.45, 2.75) is 44.2 Å². The van der Waals surface area contributed by atoms with Gasteiger partial charge in [-0.25, -0.2) is 8.42 Å². The third-order valence-electron chi connectivity index (χ3n) is 7.45. The first-order chi connectivity index (χ1) is 20.7. The minimum absolute atomic E-state index is 0.00711. The normalized spacial score (nSPS) is 13.3. The zero-order chi connectivity index (χ0) is 32.1. The van der Waals surface area contributed by atoms with E-state index in [2.05, 4.69) is 10.0 Å². The first-order valence-corrected chi connectivity index (χ1v) is 16.1. The summed E-state index contributed by atoms with van der Waals surface area (Å²) in [6.45, 7) is 4.16. The molecule has 1 amide bonds. The molecule has 4 aromatic rings. The number of phenols is 2. The van der Waals surface area contributed by atoms with Crippen LogP contribution in [-0.4, -0.2) is 48.0 Å². The SMILES string of the molecule is CC(C)(Cc1cccc(C(Cc2ccccc2-c2ccccc2O)C(N)=O)c1)NC[C@H](O)c1ccc(O)c(NS(C)(=O)=O)c1. The number of para-hydroxylation sites is 1. The fourth-order valence-corrected chi connectivity index (χ4v) is 5.85. The number of rotatable bonds is 13. The quantitative estimate of drug-likeness (QED) is 0.120. The lowest BCUT2D eigenvalue weighted by Gasteiger charge is -2.29. The van der Waals surface area contributed by atoms with Crippen molar-refractivity contribution in [3.8, 4) is 22.6 Å². The highest BCUT2D eigenvalue weighted by atomic mass is 32.2. The molecule has 1 unspecified atom stereocenters. The number of aliphatic hydroxyl groups excluding tert-OH is 1. The van der Waals surface area contributed by atoms with Crippen LogP contribution in [0, 0.1) is 0 Å². The van der Waals surface area contributed by atoms with Crippen molar-refractivity contribution >= 4 is 21.6 Å². The van der Waals surface area contributed by atoms with E-state index in [1.54, 1.807) is 12.1 Å². The number of hydrogen-bond acceptors (Lipinski definition) is 7. The number of benzene rings is 4. The number of nitrogens with one attached hydrogen (secondary N) is 2. The molecule has 0 fully saturated rings. The van der Waals surface area contributed by atoms with Crippen LogP contribution in [0.25, 0.3) is 11.1 Å². The Bertz CT molecular complexity index is 1740. The fourth-order valence-electron chi connectivity index (χ4n) is 5.29. The van der Waals surface area contributed by atoms with E-state index in [0.717, 1.165) is 28.5 Å². The first kappa shape index (κ1) is 32.5. The molecule has 0 aliphatic rings. The molecule has 44 heavy (non-hydrogen) atoms. The number of β-amino-alcohol motifs (C(OH)–C–C–N with tert-alkyl or cyclic N) is 1. The van der Waals surface area contributed by atoms with Crippen molar-refractivity contribution in [1.82, 2.24) is 5.32 Å². The van der Waals surface area contributed by atoms with Gasteiger partial charge in [-0.2, -0.15) is 0 Å². The van der Waals surface area contributed by atoms with Crippen LogP contribution >= 0.6 is 0 Å². The number of hydrogen-bond donors (Lipinski definition) is 6. The van der Waals surface area contributed by atoms with Gasteiger partial charge >= 0.3 is 0 Å². The lowest BCUT2D eigenvalue weighted by Crippen LogP contribution is -2.43. The van der Waals surface area contributed by atoms with Gasteiger partial charge in [-0.1, -0.05) is 72.8 Å². The summed E-state index contributed by atoms with van der Waals surface area (Å²) in [7, 11) is -3.61. The number of primary amides is 1. The molecule has 0 spiro atoms. The van der Waals surface area contributed by atoms with Gasteiger partial charge in [0, 0.05) is 17.6 Å². The standard InChI is InChI=1S/C34H39N3O6S/c1-34(2,36-21-32(40)25-15-16-31(39)29(19-25)37-44(3,42)43)20-22-9-8-11-23(17-22)28(33(35)41)18-24-10-4-5-12-26(24)27-13-6-7-14-30(27)38/h4-17,19,28,32,36-40H,18,20-21H2,1-3H3,(H2,35,41)/t28?,32-/m0/s1. The van der Waals surface area contributed by atoms with Crippen LogP contribution in [0.5, 0.6) is 11.5 Å². The highest BCUT2D eigenvalue weighted by Gasteiger charge is 2.24. The topological polar surface area (TPSA) is 162 Å². The highest BCUT2D eigenvalue weighted by Crippen LogP contribution is 2.34. The molecule has 0 bridgehead atoms. The lowest BCUT2D eigenvalue weighted by atomic mass is 9.85. The molecular weight excluding hydrogens is 578 g/mol. The van der Waals surface area contributed by atoms with Crippen molar-refractivity contribution in [3.05, 3.63) is 113 Å². The number of carbonyl (C=O) groups is 1. The molecule has 4 aromatic carbocycles. The third-order valence-corrected chi connectivity index (χ3v) is 8.04. The maximum Gasteiger partial charge on any atom is 0.229 e. The number of aliphatic hydroxyl groups is 1. The van der Waals surface area contributed by atoms with E-state index in [9.17, 15) is 28.5 Å². The van der Waals surface area contributed by atoms with Crippen LogP contribution in [0.1, 0.15) is 48.1 Å². The number of nitrogens with two attached hydrogens (primary N) is 1. The summed E-state index contributed by atoms with van der Waals surface area (Å²) in [4.78, 5) is 12.7. The van der Waals surface area contributed by atoms with Gasteiger partial charge in [0.15, 0.2) is 0 Å². The fraction of sp³-hybridized carbons (Fsp3) is 0.265. The number of aromatic hydroxyl groups is 2. The molecule has 0 heterocycles. The van der Waals surface area contributed by atoms with Gasteiger partial charge in [-0.15, -0.1) is 0 Å². The number of carbonyl (C=O) groups excluding carboxylic acids is 1. The number of anilines is 1. The van der Waals surface area contributed by atoms with E-state index in [0.29, 0.717) is 24.0 Å². The van der Waals surface area contributed by atoms with Crippen LogP contribution in [-0.2, 0) is 27.7 Å². The molecule has 7 N–H and O–H groups in total. The Morgan fingerprint density at radius 1 is 0.864 bits per heavy atom. The van der Waals surface area contributed by atoms with E-state index in [4.69, 9.17) is 5.73 Å². The Morgan fingerprint density at radius 3 is 2.23 bits per heavy atom. The van der Waals surface area contributed by atoms with Crippen molar-refractivity contribution in [2.24, 2.45) is 5.73 Å². The molecular formula is C34H39N3O6S. The maximum atomic E-state index is 12.7. The average Bonchev–Trinajstić information content (AvgIpc) is 2.95. The molecule has 0 saturated heterocycles. The zero-order valence-corrected chi connectivity index (χ0v) is 25.8. The molecule has 0 aromatic heterocycles. The van der Waals surface area contributed by atoms with Crippen LogP contribution < -0.4 is 15.8 Å². The second-order valence-corrected chi connectivity index (χ2v) is 13.4. The van der Waals surface area contributed by atoms with E-state index >= 15 is 0 Å². The van der Waals surface area contributed by atoms with Crippen LogP contribution in [0.4, 0.5) is 5.69 Å². The summed E-state index contributed by atoms with van der Waals surface area (Å²) in [5, 5.41) is 34.6. The average molecular weight is 618 g/mol. The van der Waals surface area contributed by atoms with Crippen LogP contribution in [0.15, 0.2) is 91.0 Å². The van der Waals surface area contributed by atoms with Gasteiger partial charge < -0.3 is 26.4 Å². The smallest absolute Gasteiger partial charge is 0.229 e. The predicted octanol–water partition coefficient (Wildman–Crippen LogP) is 4.59. The number of phenolic OH excluding ortho intramolecular Hbond substituents is 2. The minimum Gasteiger partial charge on any atom is -0.507 e. The Morgan fingerprint density at radius 2 is 1.55 bits per heavy atom. The van der Waals surface area contributed by atoms with Gasteiger partial charge in [0.1, 0.15) is 11.5 Å². The Hall–Kier alpha value is -4.38.